The average Bonchev–Trinajstić information content (AvgIpc) is 2.78. The van der Waals surface area contributed by atoms with Crippen molar-refractivity contribution in [1.82, 2.24) is 14.3 Å². The second-order valence-corrected chi connectivity index (χ2v) is 10.8. The van der Waals surface area contributed by atoms with Gasteiger partial charge < -0.3 is 15.8 Å². The minimum Gasteiger partial charge on any atom is -0.443 e. The van der Waals surface area contributed by atoms with Gasteiger partial charge in [-0.2, -0.15) is 4.31 Å². The molecule has 2 aliphatic heterocycles. The first-order valence-corrected chi connectivity index (χ1v) is 13.0. The first-order chi connectivity index (χ1) is 16.6. The monoisotopic (exact) mass is 500 g/mol. The van der Waals surface area contributed by atoms with E-state index in [2.05, 4.69) is 20.6 Å². The first-order valence-electron chi connectivity index (χ1n) is 11.1. The number of nitrogen functional groups attached to an aromatic ring is 1. The van der Waals surface area contributed by atoms with Crippen LogP contribution >= 0.6 is 0 Å². The van der Waals surface area contributed by atoms with Gasteiger partial charge in [0.25, 0.3) is 0 Å². The van der Waals surface area contributed by atoms with Crippen molar-refractivity contribution in [3.63, 3.8) is 0 Å². The fourth-order valence-corrected chi connectivity index (χ4v) is 5.29. The number of benzene rings is 1. The van der Waals surface area contributed by atoms with Crippen LogP contribution in [0, 0.1) is 12.7 Å². The number of carbonyl (C=O) groups excluding carboxylic acids is 1. The third-order valence-corrected chi connectivity index (χ3v) is 7.62. The fraction of sp³-hybridized carbons (Fsp3) is 0.348. The second-order valence-electron chi connectivity index (χ2n) is 8.82. The van der Waals surface area contributed by atoms with Gasteiger partial charge in [0, 0.05) is 35.5 Å². The predicted octanol–water partition coefficient (Wildman–Crippen LogP) is 2.88. The van der Waals surface area contributed by atoms with Crippen LogP contribution in [0.4, 0.5) is 26.4 Å². The van der Waals surface area contributed by atoms with E-state index in [1.54, 1.807) is 18.3 Å². The van der Waals surface area contributed by atoms with Crippen LogP contribution < -0.4 is 16.4 Å². The van der Waals surface area contributed by atoms with E-state index >= 15 is 4.39 Å². The van der Waals surface area contributed by atoms with E-state index < -0.39 is 28.0 Å². The highest BCUT2D eigenvalue weighted by molar-refractivity contribution is 7.88. The number of nitrogens with one attached hydrogen (secondary N) is 2. The van der Waals surface area contributed by atoms with E-state index in [0.29, 0.717) is 21.9 Å². The number of aryl methyl sites for hydroxylation is 1. The van der Waals surface area contributed by atoms with Crippen molar-refractivity contribution in [2.24, 2.45) is 0 Å². The molecule has 0 saturated carbocycles. The highest BCUT2D eigenvalue weighted by atomic mass is 32.2. The van der Waals surface area contributed by atoms with Crippen LogP contribution in [0.25, 0.3) is 21.9 Å². The topological polar surface area (TPSA) is 140 Å². The van der Waals surface area contributed by atoms with Gasteiger partial charge in [-0.1, -0.05) is 0 Å². The van der Waals surface area contributed by atoms with E-state index in [1.165, 1.54) is 10.5 Å². The van der Waals surface area contributed by atoms with Crippen LogP contribution in [-0.4, -0.2) is 60.8 Å². The molecule has 1 fully saturated rings. The Balaban J connectivity index is 1.41. The Morgan fingerprint density at radius 2 is 2.03 bits per heavy atom. The number of amides is 1. The Morgan fingerprint density at radius 1 is 1.26 bits per heavy atom. The van der Waals surface area contributed by atoms with Gasteiger partial charge in [0.05, 0.1) is 36.4 Å². The Kier molecular flexibility index (Phi) is 5.72. The predicted molar refractivity (Wildman–Crippen MR) is 131 cm³/mol. The number of aromatic nitrogens is 2. The van der Waals surface area contributed by atoms with E-state index in [1.807, 2.05) is 6.92 Å². The van der Waals surface area contributed by atoms with E-state index in [0.717, 1.165) is 42.6 Å². The normalized spacial score (nSPS) is 16.3. The summed E-state index contributed by atoms with van der Waals surface area (Å²) in [5.41, 5.74) is 9.81. The molecule has 1 aromatic carbocycles. The Bertz CT molecular complexity index is 1460. The standard InChI is InChI=1S/C23H25FN6O4S/c1-12-16(8-27-18-4-3-5-26-22(12)18)15-6-13-7-19(28-9-17(13)21(25)20(15)24)29-23(31)34-14-10-30(11-14)35(2,32)33/h6-9,14,26H,3-5,10-11,25H2,1-2H3,(H,28,29,31). The molecule has 12 heteroatoms. The molecule has 2 aliphatic rings. The lowest BCUT2D eigenvalue weighted by Crippen LogP contribution is -2.55. The van der Waals surface area contributed by atoms with Gasteiger partial charge >= 0.3 is 6.09 Å². The molecular weight excluding hydrogens is 475 g/mol. The summed E-state index contributed by atoms with van der Waals surface area (Å²) in [6.07, 6.45) is 4.74. The van der Waals surface area contributed by atoms with Gasteiger partial charge in [-0.3, -0.25) is 10.3 Å². The number of carbonyl (C=O) groups is 1. The van der Waals surface area contributed by atoms with Crippen molar-refractivity contribution < 1.29 is 22.3 Å². The lowest BCUT2D eigenvalue weighted by molar-refractivity contribution is 0.0349. The number of nitrogens with zero attached hydrogens (tertiary/aromatic N) is 3. The number of pyridine rings is 2. The van der Waals surface area contributed by atoms with Crippen LogP contribution in [0.3, 0.4) is 0 Å². The lowest BCUT2D eigenvalue weighted by atomic mass is 9.95. The highest BCUT2D eigenvalue weighted by Crippen LogP contribution is 2.38. The molecule has 0 atom stereocenters. The van der Waals surface area contributed by atoms with Crippen molar-refractivity contribution in [3.8, 4) is 11.1 Å². The maximum Gasteiger partial charge on any atom is 0.413 e. The molecule has 3 aromatic rings. The summed E-state index contributed by atoms with van der Waals surface area (Å²) in [5, 5.41) is 6.89. The summed E-state index contributed by atoms with van der Waals surface area (Å²) in [4.78, 5) is 20.9. The summed E-state index contributed by atoms with van der Waals surface area (Å²) in [5.74, 6) is -0.360. The molecular formula is C23H25FN6O4S. The zero-order valence-electron chi connectivity index (χ0n) is 19.3. The third-order valence-electron chi connectivity index (χ3n) is 6.39. The summed E-state index contributed by atoms with van der Waals surface area (Å²) < 4.78 is 44.7. The van der Waals surface area contributed by atoms with Gasteiger partial charge in [-0.05, 0) is 42.8 Å². The van der Waals surface area contributed by atoms with E-state index in [-0.39, 0.29) is 24.6 Å². The lowest BCUT2D eigenvalue weighted by Gasteiger charge is -2.36. The largest absolute Gasteiger partial charge is 0.443 e. The first kappa shape index (κ1) is 23.2. The molecule has 2 aromatic heterocycles. The molecule has 10 nitrogen and oxygen atoms in total. The molecule has 184 valence electrons. The molecule has 35 heavy (non-hydrogen) atoms. The minimum absolute atomic E-state index is 0.0421. The quantitative estimate of drug-likeness (QED) is 0.465. The van der Waals surface area contributed by atoms with Crippen LogP contribution in [0.1, 0.15) is 17.7 Å². The molecule has 1 saturated heterocycles. The molecule has 4 heterocycles. The zero-order chi connectivity index (χ0) is 24.9. The van der Waals surface area contributed by atoms with Crippen molar-refractivity contribution in [2.75, 3.05) is 42.3 Å². The number of hydrogen-bond donors (Lipinski definition) is 3. The van der Waals surface area contributed by atoms with Crippen LogP contribution in [0.15, 0.2) is 24.5 Å². The molecule has 0 bridgehead atoms. The summed E-state index contributed by atoms with van der Waals surface area (Å²) >= 11 is 0. The van der Waals surface area contributed by atoms with Crippen molar-refractivity contribution in [2.45, 2.75) is 25.9 Å². The molecule has 0 spiro atoms. The number of halogens is 1. The van der Waals surface area contributed by atoms with Gasteiger partial charge in [-0.15, -0.1) is 0 Å². The second kappa shape index (κ2) is 8.61. The van der Waals surface area contributed by atoms with Crippen LogP contribution in [0.2, 0.25) is 0 Å². The fourth-order valence-electron chi connectivity index (χ4n) is 4.41. The average molecular weight is 501 g/mol. The zero-order valence-corrected chi connectivity index (χ0v) is 20.1. The van der Waals surface area contributed by atoms with Crippen molar-refractivity contribution in [1.29, 1.82) is 0 Å². The number of sulfonamides is 1. The molecule has 1 amide bonds. The maximum atomic E-state index is 15.3. The summed E-state index contributed by atoms with van der Waals surface area (Å²) in [6.45, 7) is 2.99. The number of nitrogens with two attached hydrogens (primary N) is 1. The summed E-state index contributed by atoms with van der Waals surface area (Å²) in [7, 11) is -3.30. The van der Waals surface area contributed by atoms with E-state index in [4.69, 9.17) is 10.5 Å². The molecule has 0 aliphatic carbocycles. The van der Waals surface area contributed by atoms with E-state index in [9.17, 15) is 13.2 Å². The van der Waals surface area contributed by atoms with Crippen molar-refractivity contribution >= 4 is 44.1 Å². The van der Waals surface area contributed by atoms with Crippen LogP contribution in [-0.2, 0) is 21.2 Å². The Hall–Kier alpha value is -3.51. The third kappa shape index (κ3) is 4.34. The SMILES string of the molecule is Cc1c(-c2cc3cc(NC(=O)OC4CN(S(C)(=O)=O)C4)ncc3c(N)c2F)cnc2c1NCCC2. The van der Waals surface area contributed by atoms with Crippen molar-refractivity contribution in [3.05, 3.63) is 41.6 Å². The number of fused-ring (bicyclic) bond motifs is 2. The maximum absolute atomic E-state index is 15.3. The molecule has 5 rings (SSSR count). The van der Waals surface area contributed by atoms with Crippen LogP contribution in [0.5, 0.6) is 0 Å². The molecule has 0 radical (unpaired) electrons. The summed E-state index contributed by atoms with van der Waals surface area (Å²) in [6, 6.07) is 3.24. The number of rotatable bonds is 4. The minimum atomic E-state index is -3.30. The number of hydrogen-bond acceptors (Lipinski definition) is 8. The van der Waals surface area contributed by atoms with Gasteiger partial charge in [0.2, 0.25) is 10.0 Å². The van der Waals surface area contributed by atoms with Gasteiger partial charge in [0.1, 0.15) is 11.9 Å². The molecule has 0 unspecified atom stereocenters. The number of anilines is 3. The van der Waals surface area contributed by atoms with Gasteiger partial charge in [0.15, 0.2) is 5.82 Å². The Morgan fingerprint density at radius 3 is 2.77 bits per heavy atom. The van der Waals surface area contributed by atoms with Gasteiger partial charge in [-0.25, -0.2) is 22.6 Å². The smallest absolute Gasteiger partial charge is 0.413 e. The Labute approximate surface area is 201 Å². The number of ether oxygens (including phenoxy) is 1. The highest BCUT2D eigenvalue weighted by Gasteiger charge is 2.35. The molecule has 4 N–H and O–H groups in total.